The van der Waals surface area contributed by atoms with E-state index in [0.717, 1.165) is 18.6 Å². The fraction of sp³-hybridized carbons (Fsp3) is 0.361. The number of alkyl halides is 4. The molecule has 6 heterocycles. The van der Waals surface area contributed by atoms with E-state index in [-0.39, 0.29) is 58.3 Å². The van der Waals surface area contributed by atoms with Gasteiger partial charge in [0.05, 0.1) is 33.8 Å². The summed E-state index contributed by atoms with van der Waals surface area (Å²) in [6, 6.07) is 1.74. The second-order valence-electron chi connectivity index (χ2n) is 13.7. The third-order valence-electron chi connectivity index (χ3n) is 10.5. The number of nitrogens with zero attached hydrogens (tertiary/aromatic N) is 7. The molecule has 0 bridgehead atoms. The average Bonchev–Trinajstić information content (AvgIpc) is 3.75. The number of nitrogen functional groups attached to an aromatic ring is 2. The van der Waals surface area contributed by atoms with Crippen molar-refractivity contribution in [1.29, 1.82) is 5.26 Å². The first kappa shape index (κ1) is 37.4. The first-order valence-corrected chi connectivity index (χ1v) is 18.1. The van der Waals surface area contributed by atoms with Gasteiger partial charge in [0.25, 0.3) is 6.08 Å². The normalized spacial score (nSPS) is 20.1. The fourth-order valence-electron chi connectivity index (χ4n) is 8.22. The number of anilines is 3. The molecule has 56 heavy (non-hydrogen) atoms. The van der Waals surface area contributed by atoms with Crippen LogP contribution in [0, 0.1) is 23.0 Å². The van der Waals surface area contributed by atoms with E-state index >= 15 is 22.0 Å². The number of rotatable bonds is 8. The minimum absolute atomic E-state index is 0.0379. The molecule has 0 amide bonds. The van der Waals surface area contributed by atoms with Crippen LogP contribution in [-0.4, -0.2) is 69.4 Å². The summed E-state index contributed by atoms with van der Waals surface area (Å²) in [5.74, 6) is -3.96. The second-order valence-corrected chi connectivity index (χ2v) is 14.7. The predicted octanol–water partition coefficient (Wildman–Crippen LogP) is 7.70. The number of nitriles is 1. The molecular weight excluding hydrogens is 775 g/mol. The largest absolute Gasteiger partial charge is 0.490 e. The standard InChI is InChI=1S/C36H29F8N9O2S/c37-16-12-35(6-1-9-52(35)14-16)15-55-34-50-28-24-29(54-11-10-53(33(24)51-34)20(4-5-21(39)40)27-31(46)49-8-7-48-27)25(36(42,43)44)23(26(28)41)17-2-3-19(38)30-22(17)18(13-45)32(47)56-30/h2-3,5,7-8,16,20H,1,4,6,9-12,14-15,47H2,(H2,46,49)/t16-,20-,35+/m1/s1. The van der Waals surface area contributed by atoms with Gasteiger partial charge < -0.3 is 25.8 Å². The molecule has 0 spiro atoms. The van der Waals surface area contributed by atoms with Crippen LogP contribution in [0.5, 0.6) is 11.8 Å². The number of aromatic nitrogens is 4. The van der Waals surface area contributed by atoms with E-state index in [9.17, 15) is 18.4 Å². The molecule has 3 aromatic heterocycles. The van der Waals surface area contributed by atoms with Crippen LogP contribution in [0.15, 0.2) is 36.7 Å². The zero-order valence-electron chi connectivity index (χ0n) is 28.9. The Bertz CT molecular complexity index is 2470. The van der Waals surface area contributed by atoms with Crippen molar-refractivity contribution in [2.45, 2.75) is 49.6 Å². The van der Waals surface area contributed by atoms with E-state index in [1.165, 1.54) is 17.3 Å². The van der Waals surface area contributed by atoms with E-state index in [2.05, 4.69) is 19.9 Å². The Balaban J connectivity index is 1.43. The molecule has 3 atom stereocenters. The Morgan fingerprint density at radius 3 is 2.66 bits per heavy atom. The fourth-order valence-corrected chi connectivity index (χ4v) is 9.17. The quantitative estimate of drug-likeness (QED) is 0.149. The number of thiophene rings is 1. The number of hydrogen-bond acceptors (Lipinski definition) is 12. The van der Waals surface area contributed by atoms with Gasteiger partial charge in [-0.15, -0.1) is 11.3 Å². The molecular formula is C36H29F8N9O2S. The van der Waals surface area contributed by atoms with Gasteiger partial charge in [-0.3, -0.25) is 9.88 Å². The van der Waals surface area contributed by atoms with Crippen molar-refractivity contribution in [2.24, 2.45) is 0 Å². The van der Waals surface area contributed by atoms with Gasteiger partial charge in [0.2, 0.25) is 0 Å². The third-order valence-corrected chi connectivity index (χ3v) is 11.5. The van der Waals surface area contributed by atoms with E-state index in [0.29, 0.717) is 30.4 Å². The van der Waals surface area contributed by atoms with Gasteiger partial charge in [-0.05, 0) is 43.5 Å². The summed E-state index contributed by atoms with van der Waals surface area (Å²) in [4.78, 5) is 20.2. The van der Waals surface area contributed by atoms with Gasteiger partial charge in [0.1, 0.15) is 70.4 Å². The van der Waals surface area contributed by atoms with Gasteiger partial charge >= 0.3 is 12.2 Å². The van der Waals surface area contributed by atoms with Gasteiger partial charge in [0, 0.05) is 36.3 Å². The van der Waals surface area contributed by atoms with Crippen molar-refractivity contribution in [2.75, 3.05) is 49.2 Å². The smallest absolute Gasteiger partial charge is 0.420 e. The molecule has 292 valence electrons. The van der Waals surface area contributed by atoms with E-state index in [1.807, 2.05) is 4.90 Å². The number of benzene rings is 2. The van der Waals surface area contributed by atoms with Crippen molar-refractivity contribution in [3.05, 3.63) is 65.1 Å². The highest BCUT2D eigenvalue weighted by atomic mass is 32.1. The molecule has 5 aromatic rings. The number of ether oxygens (including phenoxy) is 2. The lowest BCUT2D eigenvalue weighted by atomic mass is 9.91. The summed E-state index contributed by atoms with van der Waals surface area (Å²) in [6.45, 7) is -0.240. The van der Waals surface area contributed by atoms with Crippen molar-refractivity contribution < 1.29 is 44.6 Å². The van der Waals surface area contributed by atoms with Gasteiger partial charge in [0.15, 0.2) is 5.82 Å². The highest BCUT2D eigenvalue weighted by Crippen LogP contribution is 2.54. The maximum absolute atomic E-state index is 17.5. The lowest BCUT2D eigenvalue weighted by molar-refractivity contribution is -0.138. The minimum Gasteiger partial charge on any atom is -0.490 e. The Kier molecular flexibility index (Phi) is 9.26. The third kappa shape index (κ3) is 6.13. The van der Waals surface area contributed by atoms with Crippen molar-refractivity contribution in [3.8, 4) is 29.0 Å². The molecule has 0 unspecified atom stereocenters. The summed E-state index contributed by atoms with van der Waals surface area (Å²) in [5, 5.41) is 8.79. The molecule has 20 heteroatoms. The first-order valence-electron chi connectivity index (χ1n) is 17.3. The Morgan fingerprint density at radius 2 is 1.93 bits per heavy atom. The molecule has 3 aliphatic rings. The van der Waals surface area contributed by atoms with Crippen molar-refractivity contribution >= 4 is 49.0 Å². The predicted molar refractivity (Wildman–Crippen MR) is 190 cm³/mol. The van der Waals surface area contributed by atoms with Gasteiger partial charge in [-0.25, -0.2) is 18.2 Å². The summed E-state index contributed by atoms with van der Waals surface area (Å²) in [5.41, 5.74) is 6.98. The molecule has 0 saturated carbocycles. The number of fused-ring (bicyclic) bond motifs is 2. The first-order chi connectivity index (χ1) is 26.7. The molecule has 0 aliphatic carbocycles. The monoisotopic (exact) mass is 803 g/mol. The Morgan fingerprint density at radius 1 is 1.14 bits per heavy atom. The molecule has 2 saturated heterocycles. The second kappa shape index (κ2) is 13.9. The zero-order valence-corrected chi connectivity index (χ0v) is 29.8. The Labute approximate surface area is 316 Å². The average molecular weight is 804 g/mol. The van der Waals surface area contributed by atoms with Crippen LogP contribution in [0.25, 0.3) is 32.1 Å². The molecule has 0 radical (unpaired) electrons. The van der Waals surface area contributed by atoms with Gasteiger partial charge in [-0.1, -0.05) is 6.07 Å². The van der Waals surface area contributed by atoms with E-state index < -0.39 is 99.8 Å². The van der Waals surface area contributed by atoms with Crippen LogP contribution in [-0.2, 0) is 6.18 Å². The lowest BCUT2D eigenvalue weighted by Crippen LogP contribution is -2.43. The summed E-state index contributed by atoms with van der Waals surface area (Å²) < 4.78 is 133. The van der Waals surface area contributed by atoms with Crippen LogP contribution in [0.1, 0.15) is 48.5 Å². The summed E-state index contributed by atoms with van der Waals surface area (Å²) >= 11 is 0.609. The van der Waals surface area contributed by atoms with Crippen LogP contribution in [0.2, 0.25) is 0 Å². The molecule has 3 aliphatic heterocycles. The van der Waals surface area contributed by atoms with Crippen LogP contribution < -0.4 is 25.8 Å². The van der Waals surface area contributed by atoms with Crippen molar-refractivity contribution in [3.63, 3.8) is 0 Å². The molecule has 4 N–H and O–H groups in total. The molecule has 2 aromatic carbocycles. The van der Waals surface area contributed by atoms with Crippen LogP contribution in [0.4, 0.5) is 51.8 Å². The molecule has 11 nitrogen and oxygen atoms in total. The summed E-state index contributed by atoms with van der Waals surface area (Å²) in [6.07, 6.45) is -4.58. The van der Waals surface area contributed by atoms with Gasteiger partial charge in [-0.2, -0.15) is 37.2 Å². The molecule has 8 rings (SSSR count). The minimum atomic E-state index is -5.36. The number of hydrogen-bond donors (Lipinski definition) is 2. The van der Waals surface area contributed by atoms with Crippen LogP contribution >= 0.6 is 11.3 Å². The van der Waals surface area contributed by atoms with Crippen molar-refractivity contribution in [1.82, 2.24) is 24.8 Å². The maximum atomic E-state index is 17.5. The topological polar surface area (TPSA) is 152 Å². The SMILES string of the molecule is N#Cc1c(N)sc2c(F)ccc(-c3c(C(F)(F)F)c4c5c(nc(OC[C@@]67CCCN6C[C@H](F)C7)nc5c3F)N([C@H](CC=C(F)F)c3nccnc3N)CCO4)c12. The van der Waals surface area contributed by atoms with Crippen LogP contribution in [0.3, 0.4) is 0 Å². The number of nitrogens with two attached hydrogens (primary N) is 2. The summed E-state index contributed by atoms with van der Waals surface area (Å²) in [7, 11) is 0. The van der Waals surface area contributed by atoms with E-state index in [4.69, 9.17) is 20.9 Å². The maximum Gasteiger partial charge on any atom is 0.420 e. The highest BCUT2D eigenvalue weighted by Gasteiger charge is 2.50. The molecule has 2 fully saturated rings. The zero-order chi connectivity index (χ0) is 39.7. The van der Waals surface area contributed by atoms with E-state index in [1.54, 1.807) is 6.07 Å². The number of halogens is 8. The lowest BCUT2D eigenvalue weighted by Gasteiger charge is -2.32. The Hall–Kier alpha value is -5.55. The highest BCUT2D eigenvalue weighted by molar-refractivity contribution is 7.23.